The lowest BCUT2D eigenvalue weighted by Gasteiger charge is -2.29. The average Bonchev–Trinajstić information content (AvgIpc) is 2.25. The van der Waals surface area contributed by atoms with Gasteiger partial charge in [0, 0.05) is 19.6 Å². The van der Waals surface area contributed by atoms with Gasteiger partial charge in [-0.2, -0.15) is 0 Å². The van der Waals surface area contributed by atoms with E-state index in [0.29, 0.717) is 19.0 Å². The van der Waals surface area contributed by atoms with Crippen LogP contribution in [0, 0.1) is 5.92 Å². The molecule has 1 aliphatic rings. The van der Waals surface area contributed by atoms with E-state index in [4.69, 9.17) is 5.11 Å². The maximum atomic E-state index is 10.7. The van der Waals surface area contributed by atoms with Gasteiger partial charge in [-0.3, -0.25) is 0 Å². The third-order valence-corrected chi connectivity index (χ3v) is 2.90. The normalized spacial score (nSPS) is 17.7. The molecular formula is C11H20N2O2. The first-order valence-electron chi connectivity index (χ1n) is 5.53. The highest BCUT2D eigenvalue weighted by Crippen LogP contribution is 2.19. The molecule has 1 rings (SSSR count). The highest BCUT2D eigenvalue weighted by atomic mass is 16.4. The van der Waals surface area contributed by atoms with Gasteiger partial charge >= 0.3 is 6.09 Å². The molecule has 1 heterocycles. The van der Waals surface area contributed by atoms with Gasteiger partial charge in [0.25, 0.3) is 0 Å². The number of carboxylic acid groups (broad SMARTS) is 1. The fourth-order valence-electron chi connectivity index (χ4n) is 1.92. The number of likely N-dealkylation sites (tertiary alicyclic amines) is 1. The Bertz CT molecular complexity index is 211. The van der Waals surface area contributed by atoms with Crippen LogP contribution in [0.15, 0.2) is 12.7 Å². The van der Waals surface area contributed by atoms with Gasteiger partial charge in [-0.15, -0.1) is 6.58 Å². The summed E-state index contributed by atoms with van der Waals surface area (Å²) in [7, 11) is 0. The van der Waals surface area contributed by atoms with Gasteiger partial charge in [0.2, 0.25) is 0 Å². The standard InChI is InChI=1S/C11H20N2O2/c1-2-6-12-7-3-10-4-8-13(9-5-10)11(14)15/h2,10,12H,1,3-9H2,(H,14,15). The minimum Gasteiger partial charge on any atom is -0.465 e. The van der Waals surface area contributed by atoms with Gasteiger partial charge in [-0.05, 0) is 31.7 Å². The molecule has 0 spiro atoms. The number of hydrogen-bond donors (Lipinski definition) is 2. The second kappa shape index (κ2) is 6.45. The van der Waals surface area contributed by atoms with E-state index in [0.717, 1.165) is 32.4 Å². The van der Waals surface area contributed by atoms with Crippen molar-refractivity contribution in [1.82, 2.24) is 10.2 Å². The third-order valence-electron chi connectivity index (χ3n) is 2.90. The molecule has 0 atom stereocenters. The Balaban J connectivity index is 2.09. The van der Waals surface area contributed by atoms with E-state index in [9.17, 15) is 4.79 Å². The first-order valence-corrected chi connectivity index (χ1v) is 5.53. The maximum absolute atomic E-state index is 10.7. The van der Waals surface area contributed by atoms with Crippen LogP contribution in [0.4, 0.5) is 4.79 Å². The summed E-state index contributed by atoms with van der Waals surface area (Å²) in [6.07, 6.45) is 4.22. The van der Waals surface area contributed by atoms with E-state index < -0.39 is 6.09 Å². The molecule has 0 saturated carbocycles. The molecule has 4 heteroatoms. The molecule has 0 aromatic rings. The number of hydrogen-bond acceptors (Lipinski definition) is 2. The first kappa shape index (κ1) is 12.0. The third kappa shape index (κ3) is 4.34. The molecule has 0 aromatic heterocycles. The van der Waals surface area contributed by atoms with Crippen molar-refractivity contribution in [3.05, 3.63) is 12.7 Å². The van der Waals surface area contributed by atoms with Gasteiger partial charge < -0.3 is 15.3 Å². The summed E-state index contributed by atoms with van der Waals surface area (Å²) >= 11 is 0. The van der Waals surface area contributed by atoms with Crippen LogP contribution in [0.1, 0.15) is 19.3 Å². The molecule has 15 heavy (non-hydrogen) atoms. The van der Waals surface area contributed by atoms with Crippen molar-refractivity contribution in [2.45, 2.75) is 19.3 Å². The molecule has 0 bridgehead atoms. The number of nitrogens with one attached hydrogen (secondary N) is 1. The summed E-state index contributed by atoms with van der Waals surface area (Å²) in [6.45, 7) is 6.89. The maximum Gasteiger partial charge on any atom is 0.407 e. The van der Waals surface area contributed by atoms with Crippen LogP contribution in [-0.2, 0) is 0 Å². The zero-order valence-corrected chi connectivity index (χ0v) is 9.11. The van der Waals surface area contributed by atoms with Crippen LogP contribution >= 0.6 is 0 Å². The SMILES string of the molecule is C=CCNCCC1CCN(C(=O)O)CC1. The molecule has 2 N–H and O–H groups in total. The van der Waals surface area contributed by atoms with Crippen LogP contribution in [0.25, 0.3) is 0 Å². The predicted molar refractivity (Wildman–Crippen MR) is 60.0 cm³/mol. The highest BCUT2D eigenvalue weighted by molar-refractivity contribution is 5.64. The molecule has 86 valence electrons. The van der Waals surface area contributed by atoms with Crippen molar-refractivity contribution in [1.29, 1.82) is 0 Å². The molecular weight excluding hydrogens is 192 g/mol. The fourth-order valence-corrected chi connectivity index (χ4v) is 1.92. The number of nitrogens with zero attached hydrogens (tertiary/aromatic N) is 1. The number of piperidine rings is 1. The van der Waals surface area contributed by atoms with Gasteiger partial charge in [0.1, 0.15) is 0 Å². The molecule has 0 radical (unpaired) electrons. The Morgan fingerprint density at radius 3 is 2.73 bits per heavy atom. The first-order chi connectivity index (χ1) is 7.24. The Hall–Kier alpha value is -1.03. The second-order valence-electron chi connectivity index (χ2n) is 3.99. The van der Waals surface area contributed by atoms with E-state index in [2.05, 4.69) is 11.9 Å². The van der Waals surface area contributed by atoms with Crippen LogP contribution < -0.4 is 5.32 Å². The van der Waals surface area contributed by atoms with Crippen LogP contribution in [0.2, 0.25) is 0 Å². The van der Waals surface area contributed by atoms with E-state index in [1.54, 1.807) is 0 Å². The Morgan fingerprint density at radius 2 is 2.20 bits per heavy atom. The smallest absolute Gasteiger partial charge is 0.407 e. The monoisotopic (exact) mass is 212 g/mol. The molecule has 1 fully saturated rings. The minimum absolute atomic E-state index is 0.679. The molecule has 1 saturated heterocycles. The van der Waals surface area contributed by atoms with Gasteiger partial charge in [0.05, 0.1) is 0 Å². The summed E-state index contributed by atoms with van der Waals surface area (Å²) in [6, 6.07) is 0. The lowest BCUT2D eigenvalue weighted by atomic mass is 9.94. The summed E-state index contributed by atoms with van der Waals surface area (Å²) in [5.74, 6) is 0.679. The predicted octanol–water partition coefficient (Wildman–Crippen LogP) is 1.54. The summed E-state index contributed by atoms with van der Waals surface area (Å²) in [4.78, 5) is 12.2. The molecule has 1 aliphatic heterocycles. The van der Waals surface area contributed by atoms with Crippen molar-refractivity contribution in [2.75, 3.05) is 26.2 Å². The van der Waals surface area contributed by atoms with Crippen molar-refractivity contribution in [3.63, 3.8) is 0 Å². The lowest BCUT2D eigenvalue weighted by molar-refractivity contribution is 0.123. The van der Waals surface area contributed by atoms with Crippen LogP contribution in [-0.4, -0.2) is 42.3 Å². The highest BCUT2D eigenvalue weighted by Gasteiger charge is 2.21. The van der Waals surface area contributed by atoms with Crippen molar-refractivity contribution < 1.29 is 9.90 Å². The van der Waals surface area contributed by atoms with Gasteiger partial charge in [0.15, 0.2) is 0 Å². The quantitative estimate of drug-likeness (QED) is 0.537. The molecule has 0 aliphatic carbocycles. The summed E-state index contributed by atoms with van der Waals surface area (Å²) in [5, 5.41) is 12.0. The molecule has 1 amide bonds. The molecule has 4 nitrogen and oxygen atoms in total. The van der Waals surface area contributed by atoms with Crippen LogP contribution in [0.3, 0.4) is 0 Å². The van der Waals surface area contributed by atoms with E-state index in [1.807, 2.05) is 6.08 Å². The Labute approximate surface area is 91.0 Å². The minimum atomic E-state index is -0.779. The zero-order valence-electron chi connectivity index (χ0n) is 9.11. The summed E-state index contributed by atoms with van der Waals surface area (Å²) < 4.78 is 0. The number of rotatable bonds is 5. The summed E-state index contributed by atoms with van der Waals surface area (Å²) in [5.41, 5.74) is 0. The largest absolute Gasteiger partial charge is 0.465 e. The van der Waals surface area contributed by atoms with Crippen molar-refractivity contribution >= 4 is 6.09 Å². The zero-order chi connectivity index (χ0) is 11.1. The Morgan fingerprint density at radius 1 is 1.53 bits per heavy atom. The fraction of sp³-hybridized carbons (Fsp3) is 0.727. The van der Waals surface area contributed by atoms with E-state index >= 15 is 0 Å². The van der Waals surface area contributed by atoms with Crippen LogP contribution in [0.5, 0.6) is 0 Å². The Kier molecular flexibility index (Phi) is 5.18. The lowest BCUT2D eigenvalue weighted by Crippen LogP contribution is -2.38. The second-order valence-corrected chi connectivity index (χ2v) is 3.99. The molecule has 0 unspecified atom stereocenters. The number of carbonyl (C=O) groups is 1. The van der Waals surface area contributed by atoms with Gasteiger partial charge in [-0.1, -0.05) is 6.08 Å². The number of amides is 1. The van der Waals surface area contributed by atoms with E-state index in [1.165, 1.54) is 4.90 Å². The van der Waals surface area contributed by atoms with Crippen molar-refractivity contribution in [3.8, 4) is 0 Å². The molecule has 0 aromatic carbocycles. The topological polar surface area (TPSA) is 52.6 Å². The average molecular weight is 212 g/mol. The van der Waals surface area contributed by atoms with Crippen molar-refractivity contribution in [2.24, 2.45) is 5.92 Å². The van der Waals surface area contributed by atoms with E-state index in [-0.39, 0.29) is 0 Å². The van der Waals surface area contributed by atoms with Gasteiger partial charge in [-0.25, -0.2) is 4.79 Å².